The van der Waals surface area contributed by atoms with Crippen LogP contribution < -0.4 is 10.6 Å². The number of aryl methyl sites for hydroxylation is 1. The fraction of sp³-hybridized carbons (Fsp3) is 0.476. The Kier molecular flexibility index (Phi) is 8.06. The molecular formula is C21H31IN6O. The molecule has 7 nitrogen and oxygen atoms in total. The number of guanidine groups is 1. The molecule has 0 atom stereocenters. The third kappa shape index (κ3) is 5.94. The van der Waals surface area contributed by atoms with Crippen molar-refractivity contribution in [3.8, 4) is 0 Å². The standard InChI is InChI=1S/C21H30N6O.HI/c1-6-22-20(25-13-17-26-19(28-27-17)21(3,4)5)23-11-10-15-12-24-16-9-7-8-14(2)18(15)16;/h7-9,12,24H,6,10-11,13H2,1-5H3,(H2,22,23,25);1H. The Bertz CT molecular complexity index is 954. The Morgan fingerprint density at radius 3 is 2.72 bits per heavy atom. The third-order valence-electron chi connectivity index (χ3n) is 4.52. The van der Waals surface area contributed by atoms with Crippen LogP contribution in [0.2, 0.25) is 0 Å². The highest BCUT2D eigenvalue weighted by molar-refractivity contribution is 14.0. The zero-order valence-electron chi connectivity index (χ0n) is 17.8. The highest BCUT2D eigenvalue weighted by Crippen LogP contribution is 2.22. The Hall–Kier alpha value is -2.10. The van der Waals surface area contributed by atoms with Crippen molar-refractivity contribution in [2.24, 2.45) is 4.99 Å². The molecule has 3 rings (SSSR count). The maximum absolute atomic E-state index is 5.33. The third-order valence-corrected chi connectivity index (χ3v) is 4.52. The lowest BCUT2D eigenvalue weighted by atomic mass is 9.97. The van der Waals surface area contributed by atoms with Gasteiger partial charge in [0, 0.05) is 35.6 Å². The molecule has 0 bridgehead atoms. The van der Waals surface area contributed by atoms with Gasteiger partial charge in [-0.05, 0) is 37.5 Å². The average Bonchev–Trinajstić information content (AvgIpc) is 3.27. The summed E-state index contributed by atoms with van der Waals surface area (Å²) < 4.78 is 5.33. The topological polar surface area (TPSA) is 91.1 Å². The Morgan fingerprint density at radius 1 is 1.24 bits per heavy atom. The molecule has 2 heterocycles. The molecule has 8 heteroatoms. The highest BCUT2D eigenvalue weighted by Gasteiger charge is 2.21. The highest BCUT2D eigenvalue weighted by atomic mass is 127. The second-order valence-electron chi connectivity index (χ2n) is 7.95. The predicted molar refractivity (Wildman–Crippen MR) is 128 cm³/mol. The SMILES string of the molecule is CCNC(=NCc1noc(C(C)(C)C)n1)NCCc1c[nH]c2cccc(C)c12.I. The molecule has 29 heavy (non-hydrogen) atoms. The van der Waals surface area contributed by atoms with E-state index >= 15 is 0 Å². The van der Waals surface area contributed by atoms with Crippen LogP contribution >= 0.6 is 24.0 Å². The molecule has 2 aromatic heterocycles. The molecule has 0 unspecified atom stereocenters. The minimum atomic E-state index is -0.158. The van der Waals surface area contributed by atoms with Gasteiger partial charge in [0.1, 0.15) is 6.54 Å². The molecule has 0 aliphatic carbocycles. The van der Waals surface area contributed by atoms with Crippen LogP contribution in [-0.2, 0) is 18.4 Å². The van der Waals surface area contributed by atoms with E-state index in [2.05, 4.69) is 62.1 Å². The Labute approximate surface area is 189 Å². The summed E-state index contributed by atoms with van der Waals surface area (Å²) in [5.41, 5.74) is 3.63. The van der Waals surface area contributed by atoms with Crippen molar-refractivity contribution in [3.63, 3.8) is 0 Å². The number of benzene rings is 1. The molecule has 0 radical (unpaired) electrons. The van der Waals surface area contributed by atoms with Crippen molar-refractivity contribution >= 4 is 40.8 Å². The molecule has 158 valence electrons. The van der Waals surface area contributed by atoms with E-state index in [1.807, 2.05) is 27.7 Å². The lowest BCUT2D eigenvalue weighted by Crippen LogP contribution is -2.38. The van der Waals surface area contributed by atoms with Gasteiger partial charge in [-0.1, -0.05) is 38.1 Å². The molecule has 0 aliphatic heterocycles. The van der Waals surface area contributed by atoms with Crippen LogP contribution in [0.4, 0.5) is 0 Å². The number of H-pyrrole nitrogens is 1. The van der Waals surface area contributed by atoms with Crippen molar-refractivity contribution in [3.05, 3.63) is 47.2 Å². The van der Waals surface area contributed by atoms with Crippen LogP contribution in [0.25, 0.3) is 10.9 Å². The molecule has 0 saturated heterocycles. The summed E-state index contributed by atoms with van der Waals surface area (Å²) in [7, 11) is 0. The number of rotatable bonds is 6. The first kappa shape index (κ1) is 23.2. The summed E-state index contributed by atoms with van der Waals surface area (Å²) in [6, 6.07) is 6.34. The molecular weight excluding hydrogens is 479 g/mol. The summed E-state index contributed by atoms with van der Waals surface area (Å²) in [5, 5.41) is 12.0. The number of aromatic nitrogens is 3. The second kappa shape index (κ2) is 10.1. The van der Waals surface area contributed by atoms with E-state index < -0.39 is 0 Å². The van der Waals surface area contributed by atoms with Crippen LogP contribution in [0.15, 0.2) is 33.9 Å². The summed E-state index contributed by atoms with van der Waals surface area (Å²) in [4.78, 5) is 12.4. The monoisotopic (exact) mass is 510 g/mol. The average molecular weight is 510 g/mol. The van der Waals surface area contributed by atoms with Crippen LogP contribution in [0, 0.1) is 6.92 Å². The number of aliphatic imine (C=N–C) groups is 1. The van der Waals surface area contributed by atoms with Crippen LogP contribution in [0.1, 0.15) is 50.5 Å². The summed E-state index contributed by atoms with van der Waals surface area (Å²) in [6.45, 7) is 12.3. The van der Waals surface area contributed by atoms with E-state index in [0.29, 0.717) is 18.3 Å². The summed E-state index contributed by atoms with van der Waals surface area (Å²) in [5.74, 6) is 1.97. The first-order chi connectivity index (χ1) is 13.4. The van der Waals surface area contributed by atoms with Crippen LogP contribution in [0.3, 0.4) is 0 Å². The van der Waals surface area contributed by atoms with Crippen molar-refractivity contribution in [1.29, 1.82) is 0 Å². The van der Waals surface area contributed by atoms with E-state index in [-0.39, 0.29) is 29.4 Å². The summed E-state index contributed by atoms with van der Waals surface area (Å²) in [6.07, 6.45) is 3.00. The van der Waals surface area contributed by atoms with Gasteiger partial charge in [-0.15, -0.1) is 24.0 Å². The first-order valence-corrected chi connectivity index (χ1v) is 9.79. The minimum absolute atomic E-state index is 0. The van der Waals surface area contributed by atoms with Crippen LogP contribution in [-0.4, -0.2) is 34.2 Å². The molecule has 0 fully saturated rings. The van der Waals surface area contributed by atoms with Gasteiger partial charge >= 0.3 is 0 Å². The maximum atomic E-state index is 5.33. The normalized spacial score (nSPS) is 12.1. The van der Waals surface area contributed by atoms with Crippen molar-refractivity contribution in [2.75, 3.05) is 13.1 Å². The van der Waals surface area contributed by atoms with Gasteiger partial charge in [-0.2, -0.15) is 4.98 Å². The van der Waals surface area contributed by atoms with E-state index in [1.54, 1.807) is 0 Å². The number of fused-ring (bicyclic) bond motifs is 1. The number of halogens is 1. The van der Waals surface area contributed by atoms with E-state index in [0.717, 1.165) is 25.5 Å². The predicted octanol–water partition coefficient (Wildman–Crippen LogP) is 4.07. The van der Waals surface area contributed by atoms with Gasteiger partial charge in [0.15, 0.2) is 11.8 Å². The summed E-state index contributed by atoms with van der Waals surface area (Å²) >= 11 is 0. The molecule has 0 spiro atoms. The van der Waals surface area contributed by atoms with Crippen LogP contribution in [0.5, 0.6) is 0 Å². The zero-order valence-corrected chi connectivity index (χ0v) is 20.1. The van der Waals surface area contributed by atoms with E-state index in [1.165, 1.54) is 22.0 Å². The molecule has 1 aromatic carbocycles. The molecule has 3 N–H and O–H groups in total. The van der Waals surface area contributed by atoms with Crippen molar-refractivity contribution < 1.29 is 4.52 Å². The Morgan fingerprint density at radius 2 is 2.03 bits per heavy atom. The fourth-order valence-corrected chi connectivity index (χ4v) is 3.08. The van der Waals surface area contributed by atoms with E-state index in [4.69, 9.17) is 4.52 Å². The van der Waals surface area contributed by atoms with Crippen molar-refractivity contribution in [1.82, 2.24) is 25.8 Å². The number of aromatic amines is 1. The first-order valence-electron chi connectivity index (χ1n) is 9.79. The smallest absolute Gasteiger partial charge is 0.232 e. The number of nitrogens with one attached hydrogen (secondary N) is 3. The lowest BCUT2D eigenvalue weighted by Gasteiger charge is -2.11. The minimum Gasteiger partial charge on any atom is -0.361 e. The van der Waals surface area contributed by atoms with Crippen molar-refractivity contribution in [2.45, 2.75) is 53.0 Å². The Balaban J connectivity index is 0.00000300. The zero-order chi connectivity index (χ0) is 20.1. The number of hydrogen-bond acceptors (Lipinski definition) is 4. The van der Waals surface area contributed by atoms with E-state index in [9.17, 15) is 0 Å². The molecule has 0 aliphatic rings. The molecule has 0 amide bonds. The quantitative estimate of drug-likeness (QED) is 0.264. The number of hydrogen-bond donors (Lipinski definition) is 3. The molecule has 3 aromatic rings. The molecule has 0 saturated carbocycles. The maximum Gasteiger partial charge on any atom is 0.232 e. The van der Waals surface area contributed by atoms with Gasteiger partial charge < -0.3 is 20.1 Å². The largest absolute Gasteiger partial charge is 0.361 e. The van der Waals surface area contributed by atoms with Gasteiger partial charge in [-0.3, -0.25) is 0 Å². The fourth-order valence-electron chi connectivity index (χ4n) is 3.08. The van der Waals surface area contributed by atoms with Gasteiger partial charge in [0.2, 0.25) is 5.89 Å². The second-order valence-corrected chi connectivity index (χ2v) is 7.95. The van der Waals surface area contributed by atoms with Gasteiger partial charge in [0.25, 0.3) is 0 Å². The van der Waals surface area contributed by atoms with Gasteiger partial charge in [0.05, 0.1) is 0 Å². The van der Waals surface area contributed by atoms with Gasteiger partial charge in [-0.25, -0.2) is 4.99 Å². The number of nitrogens with zero attached hydrogens (tertiary/aromatic N) is 3. The lowest BCUT2D eigenvalue weighted by molar-refractivity contribution is 0.318.